The molecule has 0 heterocycles. The van der Waals surface area contributed by atoms with Gasteiger partial charge in [-0.3, -0.25) is 4.79 Å². The number of esters is 1. The van der Waals surface area contributed by atoms with Crippen molar-refractivity contribution in [2.45, 2.75) is 13.0 Å². The summed E-state index contributed by atoms with van der Waals surface area (Å²) in [5.74, 6) is 2.06. The predicted octanol–water partition coefficient (Wildman–Crippen LogP) is 5.55. The number of hydrogen-bond donors (Lipinski definition) is 0. The van der Waals surface area contributed by atoms with Crippen molar-refractivity contribution in [1.82, 2.24) is 0 Å². The number of ether oxygens (including phenoxy) is 5. The average molecular weight is 487 g/mol. The summed E-state index contributed by atoms with van der Waals surface area (Å²) in [6.07, 6.45) is 0.0143. The van der Waals surface area contributed by atoms with Gasteiger partial charge in [-0.05, 0) is 29.8 Å². The zero-order valence-electron chi connectivity index (χ0n) is 17.5. The Labute approximate surface area is 189 Å². The number of carbonyl (C=O) groups excluding carboxylic acids is 1. The van der Waals surface area contributed by atoms with Crippen LogP contribution in [0, 0.1) is 0 Å². The molecule has 6 nitrogen and oxygen atoms in total. The fourth-order valence-corrected chi connectivity index (χ4v) is 3.24. The molecule has 0 atom stereocenters. The Morgan fingerprint density at radius 3 is 2.19 bits per heavy atom. The Kier molecular flexibility index (Phi) is 7.78. The second-order valence-electron chi connectivity index (χ2n) is 6.54. The lowest BCUT2D eigenvalue weighted by molar-refractivity contribution is -0.139. The lowest BCUT2D eigenvalue weighted by Gasteiger charge is -2.17. The minimum Gasteiger partial charge on any atom is -0.493 e. The number of carbonyl (C=O) groups is 1. The van der Waals surface area contributed by atoms with Crippen LogP contribution < -0.4 is 18.9 Å². The van der Waals surface area contributed by atoms with Crippen LogP contribution in [-0.2, 0) is 22.6 Å². The Hall–Kier alpha value is -3.19. The molecule has 31 heavy (non-hydrogen) atoms. The van der Waals surface area contributed by atoms with Gasteiger partial charge < -0.3 is 23.7 Å². The molecule has 0 amide bonds. The van der Waals surface area contributed by atoms with E-state index in [-0.39, 0.29) is 6.42 Å². The molecule has 0 unspecified atom stereocenters. The van der Waals surface area contributed by atoms with E-state index in [2.05, 4.69) is 15.9 Å². The molecule has 0 saturated heterocycles. The first kappa shape index (κ1) is 22.5. The third-order valence-corrected chi connectivity index (χ3v) is 4.99. The van der Waals surface area contributed by atoms with Crippen molar-refractivity contribution in [3.8, 4) is 28.7 Å². The molecule has 0 aromatic heterocycles. The minimum atomic E-state index is -0.396. The van der Waals surface area contributed by atoms with Crippen LogP contribution in [0.1, 0.15) is 11.1 Å². The Bertz CT molecular complexity index is 1040. The minimum absolute atomic E-state index is 0.0143. The van der Waals surface area contributed by atoms with E-state index in [0.29, 0.717) is 40.9 Å². The summed E-state index contributed by atoms with van der Waals surface area (Å²) >= 11 is 3.47. The predicted molar refractivity (Wildman–Crippen MR) is 120 cm³/mol. The van der Waals surface area contributed by atoms with Gasteiger partial charge in [0.05, 0.1) is 27.8 Å². The van der Waals surface area contributed by atoms with Crippen LogP contribution in [0.5, 0.6) is 28.7 Å². The third kappa shape index (κ3) is 5.92. The van der Waals surface area contributed by atoms with E-state index in [9.17, 15) is 4.79 Å². The first-order valence-electron chi connectivity index (χ1n) is 9.50. The molecule has 0 spiro atoms. The van der Waals surface area contributed by atoms with Crippen molar-refractivity contribution < 1.29 is 28.5 Å². The zero-order valence-corrected chi connectivity index (χ0v) is 19.1. The molecule has 3 aromatic carbocycles. The molecule has 0 aliphatic carbocycles. The lowest BCUT2D eigenvalue weighted by Crippen LogP contribution is -2.07. The summed E-state index contributed by atoms with van der Waals surface area (Å²) < 4.78 is 28.6. The summed E-state index contributed by atoms with van der Waals surface area (Å²) in [7, 11) is 4.41. The molecule has 3 rings (SSSR count). The van der Waals surface area contributed by atoms with Gasteiger partial charge in [0.15, 0.2) is 23.0 Å². The fourth-order valence-electron chi connectivity index (χ4n) is 2.90. The van der Waals surface area contributed by atoms with Crippen LogP contribution >= 0.6 is 15.9 Å². The van der Waals surface area contributed by atoms with Crippen LogP contribution in [0.15, 0.2) is 65.1 Å². The molecule has 0 fully saturated rings. The van der Waals surface area contributed by atoms with Gasteiger partial charge >= 0.3 is 5.97 Å². The maximum Gasteiger partial charge on any atom is 0.310 e. The smallest absolute Gasteiger partial charge is 0.310 e. The van der Waals surface area contributed by atoms with Crippen molar-refractivity contribution in [1.29, 1.82) is 0 Å². The Morgan fingerprint density at radius 1 is 0.806 bits per heavy atom. The molecular weight excluding hydrogens is 464 g/mol. The largest absolute Gasteiger partial charge is 0.493 e. The first-order valence-corrected chi connectivity index (χ1v) is 10.3. The maximum absolute atomic E-state index is 11.9. The number of benzene rings is 3. The first-order chi connectivity index (χ1) is 15.0. The number of halogens is 1. The molecule has 0 radical (unpaired) electrons. The lowest BCUT2D eigenvalue weighted by atomic mass is 10.1. The summed E-state index contributed by atoms with van der Waals surface area (Å²) in [4.78, 5) is 11.9. The molecule has 3 aromatic rings. The van der Waals surface area contributed by atoms with Crippen molar-refractivity contribution in [2.75, 3.05) is 21.3 Å². The fraction of sp³-hybridized carbons (Fsp3) is 0.208. The molecule has 0 aliphatic rings. The van der Waals surface area contributed by atoms with Crippen molar-refractivity contribution in [2.24, 2.45) is 0 Å². The van der Waals surface area contributed by atoms with Gasteiger partial charge in [0.1, 0.15) is 12.4 Å². The van der Waals surface area contributed by atoms with Gasteiger partial charge in [-0.15, -0.1) is 0 Å². The summed E-state index contributed by atoms with van der Waals surface area (Å²) in [5.41, 5.74) is 1.63. The van der Waals surface area contributed by atoms with Gasteiger partial charge in [-0.2, -0.15) is 0 Å². The highest BCUT2D eigenvalue weighted by Crippen LogP contribution is 2.40. The normalized spacial score (nSPS) is 10.3. The SMILES string of the molecule is COC(=O)Cc1cc(OC)c(OC)cc1Oc1cc(Br)ccc1OCc1ccccc1. The zero-order chi connectivity index (χ0) is 22.2. The van der Waals surface area contributed by atoms with Gasteiger partial charge in [-0.25, -0.2) is 0 Å². The standard InChI is InChI=1S/C24H23BrO6/c1-27-21-11-17(12-24(26)29-3)20(14-22(21)28-2)31-23-13-18(25)9-10-19(23)30-15-16-7-5-4-6-8-16/h4-11,13-14H,12,15H2,1-3H3. The molecular formula is C24H23BrO6. The van der Waals surface area contributed by atoms with Crippen molar-refractivity contribution >= 4 is 21.9 Å². The molecule has 162 valence electrons. The molecule has 0 saturated carbocycles. The van der Waals surface area contributed by atoms with Crippen LogP contribution in [0.2, 0.25) is 0 Å². The van der Waals surface area contributed by atoms with E-state index >= 15 is 0 Å². The van der Waals surface area contributed by atoms with Gasteiger partial charge in [-0.1, -0.05) is 46.3 Å². The summed E-state index contributed by atoms with van der Waals surface area (Å²) in [6, 6.07) is 18.7. The number of hydrogen-bond acceptors (Lipinski definition) is 6. The Morgan fingerprint density at radius 2 is 1.52 bits per heavy atom. The van der Waals surface area contributed by atoms with Crippen molar-refractivity contribution in [3.05, 3.63) is 76.3 Å². The molecule has 0 bridgehead atoms. The maximum atomic E-state index is 11.9. The van der Waals surface area contributed by atoms with E-state index < -0.39 is 5.97 Å². The van der Waals surface area contributed by atoms with Gasteiger partial charge in [0.2, 0.25) is 0 Å². The van der Waals surface area contributed by atoms with E-state index in [1.54, 1.807) is 18.2 Å². The van der Waals surface area contributed by atoms with Crippen LogP contribution in [0.3, 0.4) is 0 Å². The van der Waals surface area contributed by atoms with Gasteiger partial charge in [0, 0.05) is 16.1 Å². The highest BCUT2D eigenvalue weighted by Gasteiger charge is 2.18. The van der Waals surface area contributed by atoms with E-state index in [0.717, 1.165) is 10.0 Å². The molecule has 7 heteroatoms. The van der Waals surface area contributed by atoms with E-state index in [1.165, 1.54) is 21.3 Å². The molecule has 0 N–H and O–H groups in total. The number of methoxy groups -OCH3 is 3. The average Bonchev–Trinajstić information content (AvgIpc) is 2.79. The van der Waals surface area contributed by atoms with E-state index in [4.69, 9.17) is 23.7 Å². The van der Waals surface area contributed by atoms with Gasteiger partial charge in [0.25, 0.3) is 0 Å². The van der Waals surface area contributed by atoms with E-state index in [1.807, 2.05) is 42.5 Å². The second-order valence-corrected chi connectivity index (χ2v) is 7.45. The second kappa shape index (κ2) is 10.7. The van der Waals surface area contributed by atoms with Crippen molar-refractivity contribution in [3.63, 3.8) is 0 Å². The molecule has 0 aliphatic heterocycles. The quantitative estimate of drug-likeness (QED) is 0.369. The topological polar surface area (TPSA) is 63.2 Å². The van der Waals surface area contributed by atoms with Crippen LogP contribution in [0.4, 0.5) is 0 Å². The monoisotopic (exact) mass is 486 g/mol. The summed E-state index contributed by atoms with van der Waals surface area (Å²) in [5, 5.41) is 0. The summed E-state index contributed by atoms with van der Waals surface area (Å²) in [6.45, 7) is 0.389. The van der Waals surface area contributed by atoms with Crippen LogP contribution in [-0.4, -0.2) is 27.3 Å². The third-order valence-electron chi connectivity index (χ3n) is 4.49. The Balaban J connectivity index is 1.94. The highest BCUT2D eigenvalue weighted by molar-refractivity contribution is 9.10. The highest BCUT2D eigenvalue weighted by atomic mass is 79.9. The number of rotatable bonds is 9. The van der Waals surface area contributed by atoms with Crippen LogP contribution in [0.25, 0.3) is 0 Å².